The van der Waals surface area contributed by atoms with Crippen LogP contribution in [0.25, 0.3) is 5.69 Å². The number of nitrogens with one attached hydrogen (secondary N) is 1. The summed E-state index contributed by atoms with van der Waals surface area (Å²) in [4.78, 5) is 11.0. The van der Waals surface area contributed by atoms with Crippen LogP contribution in [0.2, 0.25) is 0 Å². The smallest absolute Gasteiger partial charge is 0.255 e. The zero-order valence-electron chi connectivity index (χ0n) is 16.4. The molecule has 3 rings (SSSR count). The van der Waals surface area contributed by atoms with E-state index in [4.69, 9.17) is 15.2 Å². The van der Waals surface area contributed by atoms with Crippen molar-refractivity contribution in [2.24, 2.45) is 5.73 Å². The highest BCUT2D eigenvalue weighted by Crippen LogP contribution is 2.31. The highest BCUT2D eigenvalue weighted by atomic mass is 35.5. The Labute approximate surface area is 184 Å². The zero-order valence-corrected chi connectivity index (χ0v) is 18.0. The number of rotatable bonds is 11. The number of halogens is 1. The average Bonchev–Trinajstić information content (AvgIpc) is 3.21. The highest BCUT2D eigenvalue weighted by molar-refractivity contribution is 7.99. The van der Waals surface area contributed by atoms with Crippen molar-refractivity contribution in [3.05, 3.63) is 54.1 Å². The molecule has 30 heavy (non-hydrogen) atoms. The Kier molecular flexibility index (Phi) is 9.39. The maximum Gasteiger partial charge on any atom is 0.255 e. The first-order valence-electron chi connectivity index (χ1n) is 8.93. The van der Waals surface area contributed by atoms with Crippen molar-refractivity contribution < 1.29 is 14.3 Å². The van der Waals surface area contributed by atoms with Gasteiger partial charge in [0.15, 0.2) is 18.1 Å². The van der Waals surface area contributed by atoms with E-state index in [1.165, 1.54) is 0 Å². The monoisotopic (exact) mass is 450 g/mol. The maximum atomic E-state index is 11.0. The molecule has 0 aliphatic heterocycles. The van der Waals surface area contributed by atoms with Gasteiger partial charge in [-0.3, -0.25) is 4.79 Å². The predicted octanol–water partition coefficient (Wildman–Crippen LogP) is 1.84. The third-order valence-electron chi connectivity index (χ3n) is 3.91. The van der Waals surface area contributed by atoms with Gasteiger partial charge in [-0.15, -0.1) is 17.5 Å². The van der Waals surface area contributed by atoms with E-state index in [1.54, 1.807) is 29.6 Å². The quantitative estimate of drug-likeness (QED) is 0.335. The van der Waals surface area contributed by atoms with Gasteiger partial charge in [0.05, 0.1) is 12.8 Å². The fraction of sp³-hybridized carbons (Fsp3) is 0.263. The van der Waals surface area contributed by atoms with Crippen molar-refractivity contribution in [1.29, 1.82) is 0 Å². The van der Waals surface area contributed by atoms with Gasteiger partial charge in [-0.05, 0) is 28.6 Å². The van der Waals surface area contributed by atoms with Gasteiger partial charge in [0, 0.05) is 24.4 Å². The number of carbonyl (C=O) groups excluding carboxylic acids is 1. The summed E-state index contributed by atoms with van der Waals surface area (Å²) in [5.41, 5.74) is 6.98. The Morgan fingerprint density at radius 1 is 1.20 bits per heavy atom. The van der Waals surface area contributed by atoms with Gasteiger partial charge in [0.1, 0.15) is 0 Å². The van der Waals surface area contributed by atoms with E-state index < -0.39 is 5.91 Å². The highest BCUT2D eigenvalue weighted by Gasteiger charge is 2.12. The third-order valence-corrected chi connectivity index (χ3v) is 4.83. The minimum atomic E-state index is -0.539. The van der Waals surface area contributed by atoms with Gasteiger partial charge in [0.25, 0.3) is 5.91 Å². The van der Waals surface area contributed by atoms with E-state index in [0.717, 1.165) is 28.7 Å². The summed E-state index contributed by atoms with van der Waals surface area (Å²) in [6.07, 6.45) is 0. The molecule has 0 aliphatic carbocycles. The molecule has 1 aromatic heterocycles. The number of nitrogens with two attached hydrogens (primary N) is 1. The number of ether oxygens (including phenoxy) is 2. The summed E-state index contributed by atoms with van der Waals surface area (Å²) in [6, 6.07) is 15.3. The molecule has 0 bridgehead atoms. The van der Waals surface area contributed by atoms with Crippen LogP contribution in [-0.4, -0.2) is 52.1 Å². The minimum absolute atomic E-state index is 0. The minimum Gasteiger partial charge on any atom is -0.493 e. The van der Waals surface area contributed by atoms with E-state index in [-0.39, 0.29) is 19.0 Å². The fourth-order valence-electron chi connectivity index (χ4n) is 2.61. The molecule has 160 valence electrons. The molecule has 0 aliphatic rings. The molecule has 1 heterocycles. The number of hydrogen-bond acceptors (Lipinski definition) is 8. The lowest BCUT2D eigenvalue weighted by Gasteiger charge is -2.14. The molecule has 0 atom stereocenters. The number of aromatic nitrogens is 4. The molecule has 3 N–H and O–H groups in total. The van der Waals surface area contributed by atoms with Crippen LogP contribution in [-0.2, 0) is 11.3 Å². The SMILES string of the molecule is COc1cccc(CNCCSc2nnnn2-c2ccccc2)c1OCC(N)=O.Cl. The first-order chi connectivity index (χ1) is 14.2. The van der Waals surface area contributed by atoms with Crippen molar-refractivity contribution in [2.75, 3.05) is 26.0 Å². The molecular formula is C19H23ClN6O3S. The molecule has 9 nitrogen and oxygen atoms in total. The van der Waals surface area contributed by atoms with Crippen molar-refractivity contribution in [3.63, 3.8) is 0 Å². The summed E-state index contributed by atoms with van der Waals surface area (Å²) >= 11 is 1.56. The Hall–Kier alpha value is -2.82. The van der Waals surface area contributed by atoms with Gasteiger partial charge < -0.3 is 20.5 Å². The number of primary amides is 1. The number of benzene rings is 2. The number of amides is 1. The first kappa shape index (κ1) is 23.5. The van der Waals surface area contributed by atoms with Crippen molar-refractivity contribution in [2.45, 2.75) is 11.7 Å². The fourth-order valence-corrected chi connectivity index (χ4v) is 3.39. The molecule has 1 amide bonds. The lowest BCUT2D eigenvalue weighted by atomic mass is 10.2. The van der Waals surface area contributed by atoms with Crippen LogP contribution in [0.3, 0.4) is 0 Å². The van der Waals surface area contributed by atoms with Gasteiger partial charge in [0.2, 0.25) is 5.16 Å². The largest absolute Gasteiger partial charge is 0.493 e. The number of hydrogen-bond donors (Lipinski definition) is 2. The normalized spacial score (nSPS) is 10.3. The number of methoxy groups -OCH3 is 1. The molecule has 11 heteroatoms. The Balaban J connectivity index is 0.00000320. The first-order valence-corrected chi connectivity index (χ1v) is 9.92. The molecular weight excluding hydrogens is 428 g/mol. The number of thioether (sulfide) groups is 1. The maximum absolute atomic E-state index is 11.0. The van der Waals surface area contributed by atoms with Gasteiger partial charge >= 0.3 is 0 Å². The van der Waals surface area contributed by atoms with Gasteiger partial charge in [-0.1, -0.05) is 42.1 Å². The molecule has 0 saturated carbocycles. The van der Waals surface area contributed by atoms with Crippen LogP contribution >= 0.6 is 24.2 Å². The molecule has 0 radical (unpaired) electrons. The molecule has 3 aromatic rings. The van der Waals surface area contributed by atoms with Gasteiger partial charge in [-0.2, -0.15) is 4.68 Å². The van der Waals surface area contributed by atoms with E-state index in [1.807, 2.05) is 42.5 Å². The second kappa shape index (κ2) is 12.0. The second-order valence-electron chi connectivity index (χ2n) is 5.94. The van der Waals surface area contributed by atoms with E-state index in [0.29, 0.717) is 18.0 Å². The Morgan fingerprint density at radius 3 is 2.73 bits per heavy atom. The van der Waals surface area contributed by atoms with Crippen molar-refractivity contribution in [3.8, 4) is 17.2 Å². The van der Waals surface area contributed by atoms with Crippen LogP contribution in [0.5, 0.6) is 11.5 Å². The average molecular weight is 451 g/mol. The molecule has 2 aromatic carbocycles. The van der Waals surface area contributed by atoms with Crippen LogP contribution in [0.1, 0.15) is 5.56 Å². The number of nitrogens with zero attached hydrogens (tertiary/aromatic N) is 4. The van der Waals surface area contributed by atoms with Crippen molar-refractivity contribution in [1.82, 2.24) is 25.5 Å². The summed E-state index contributed by atoms with van der Waals surface area (Å²) in [5.74, 6) is 1.31. The van der Waals surface area contributed by atoms with Gasteiger partial charge in [-0.25, -0.2) is 0 Å². The second-order valence-corrected chi connectivity index (χ2v) is 7.00. The molecule has 0 fully saturated rings. The molecule has 0 saturated heterocycles. The number of tetrazole rings is 1. The van der Waals surface area contributed by atoms with Crippen LogP contribution in [0.15, 0.2) is 53.7 Å². The predicted molar refractivity (Wildman–Crippen MR) is 117 cm³/mol. The zero-order chi connectivity index (χ0) is 20.5. The lowest BCUT2D eigenvalue weighted by molar-refractivity contribution is -0.119. The summed E-state index contributed by atoms with van der Waals surface area (Å²) < 4.78 is 12.6. The van der Waals surface area contributed by atoms with E-state index in [2.05, 4.69) is 20.8 Å². The van der Waals surface area contributed by atoms with E-state index in [9.17, 15) is 4.79 Å². The number of para-hydroxylation sites is 2. The van der Waals surface area contributed by atoms with Crippen LogP contribution < -0.4 is 20.5 Å². The topological polar surface area (TPSA) is 117 Å². The van der Waals surface area contributed by atoms with Crippen LogP contribution in [0, 0.1) is 0 Å². The Bertz CT molecular complexity index is 941. The molecule has 0 spiro atoms. The standard InChI is InChI=1S/C19H22N6O3S.ClH/c1-27-16-9-5-6-14(18(16)28-13-17(20)26)12-21-10-11-29-19-22-23-24-25(19)15-7-3-2-4-8-15;/h2-9,21H,10-13H2,1H3,(H2,20,26);1H. The van der Waals surface area contributed by atoms with Crippen LogP contribution in [0.4, 0.5) is 0 Å². The third kappa shape index (κ3) is 6.34. The summed E-state index contributed by atoms with van der Waals surface area (Å²) in [7, 11) is 1.55. The van der Waals surface area contributed by atoms with E-state index >= 15 is 0 Å². The lowest BCUT2D eigenvalue weighted by Crippen LogP contribution is -2.22. The Morgan fingerprint density at radius 2 is 2.00 bits per heavy atom. The number of carbonyl (C=O) groups is 1. The molecule has 0 unspecified atom stereocenters. The summed E-state index contributed by atoms with van der Waals surface area (Å²) in [5, 5.41) is 16.0. The summed E-state index contributed by atoms with van der Waals surface area (Å²) in [6.45, 7) is 1.07. The van der Waals surface area contributed by atoms with Crippen molar-refractivity contribution >= 4 is 30.1 Å².